The summed E-state index contributed by atoms with van der Waals surface area (Å²) in [7, 11) is 0. The zero-order valence-electron chi connectivity index (χ0n) is 14.8. The Bertz CT molecular complexity index is 724. The molecule has 0 radical (unpaired) electrons. The van der Waals surface area contributed by atoms with Gasteiger partial charge in [-0.1, -0.05) is 12.1 Å². The fourth-order valence-corrected chi connectivity index (χ4v) is 3.27. The second-order valence-electron chi connectivity index (χ2n) is 6.65. The third-order valence-electron chi connectivity index (χ3n) is 4.56. The predicted octanol–water partition coefficient (Wildman–Crippen LogP) is 2.41. The zero-order valence-corrected chi connectivity index (χ0v) is 14.8. The number of hydrogen-bond acceptors (Lipinski definition) is 5. The van der Waals surface area contributed by atoms with Crippen molar-refractivity contribution in [1.29, 1.82) is 0 Å². The molecule has 1 aromatic heterocycles. The minimum absolute atomic E-state index is 0.0423. The van der Waals surface area contributed by atoms with Crippen LogP contribution in [0.4, 0.5) is 11.5 Å². The molecule has 132 valence electrons. The minimum Gasteiger partial charge on any atom is -0.371 e. The monoisotopic (exact) mass is 339 g/mol. The highest BCUT2D eigenvalue weighted by atomic mass is 16.1. The highest BCUT2D eigenvalue weighted by molar-refractivity contribution is 5.77. The first-order chi connectivity index (χ1) is 12.0. The first kappa shape index (κ1) is 17.2. The van der Waals surface area contributed by atoms with E-state index < -0.39 is 0 Å². The van der Waals surface area contributed by atoms with E-state index in [4.69, 9.17) is 5.73 Å². The summed E-state index contributed by atoms with van der Waals surface area (Å²) in [5.41, 5.74) is 8.74. The number of rotatable bonds is 5. The van der Waals surface area contributed by atoms with Crippen molar-refractivity contribution < 1.29 is 4.79 Å². The van der Waals surface area contributed by atoms with Gasteiger partial charge in [0.25, 0.3) is 0 Å². The summed E-state index contributed by atoms with van der Waals surface area (Å²) in [6.07, 6.45) is 1.90. The topological polar surface area (TPSA) is 84.1 Å². The van der Waals surface area contributed by atoms with Gasteiger partial charge < -0.3 is 16.0 Å². The maximum Gasteiger partial charge on any atom is 0.222 e. The SMILES string of the molecule is Cc1cc(NCc2ccc(N3CCC[C@@H](C(N)=O)C3)cc2)nc(C)n1. The van der Waals surface area contributed by atoms with E-state index in [9.17, 15) is 4.79 Å². The molecule has 3 N–H and O–H groups in total. The normalized spacial score (nSPS) is 17.4. The van der Waals surface area contributed by atoms with Crippen LogP contribution in [-0.4, -0.2) is 29.0 Å². The van der Waals surface area contributed by atoms with Crippen LogP contribution in [0.25, 0.3) is 0 Å². The van der Waals surface area contributed by atoms with Gasteiger partial charge in [0.2, 0.25) is 5.91 Å². The lowest BCUT2D eigenvalue weighted by atomic mass is 9.97. The van der Waals surface area contributed by atoms with E-state index in [1.807, 2.05) is 19.9 Å². The molecule has 3 rings (SSSR count). The predicted molar refractivity (Wildman–Crippen MR) is 99.4 cm³/mol. The Labute approximate surface area is 148 Å². The van der Waals surface area contributed by atoms with Crippen LogP contribution in [0.1, 0.15) is 29.9 Å². The molecule has 25 heavy (non-hydrogen) atoms. The summed E-state index contributed by atoms with van der Waals surface area (Å²) < 4.78 is 0. The van der Waals surface area contributed by atoms with Crippen molar-refractivity contribution in [2.75, 3.05) is 23.3 Å². The van der Waals surface area contributed by atoms with Crippen LogP contribution in [0.3, 0.4) is 0 Å². The standard InChI is InChI=1S/C19H25N5O/c1-13-10-18(23-14(2)22-13)21-11-15-5-7-17(8-6-15)24-9-3-4-16(12-24)19(20)25/h5-8,10,16H,3-4,9,11-12H2,1-2H3,(H2,20,25)(H,21,22,23)/t16-/m1/s1. The van der Waals surface area contributed by atoms with Gasteiger partial charge in [0.1, 0.15) is 11.6 Å². The molecule has 2 aromatic rings. The molecule has 2 heterocycles. The largest absolute Gasteiger partial charge is 0.371 e. The average Bonchev–Trinajstić information content (AvgIpc) is 2.60. The van der Waals surface area contributed by atoms with Gasteiger partial charge in [-0.05, 0) is 44.4 Å². The number of amides is 1. The second kappa shape index (κ2) is 7.51. The number of nitrogens with one attached hydrogen (secondary N) is 1. The lowest BCUT2D eigenvalue weighted by Gasteiger charge is -2.33. The molecule has 6 heteroatoms. The highest BCUT2D eigenvalue weighted by Crippen LogP contribution is 2.23. The van der Waals surface area contributed by atoms with Crippen LogP contribution in [0.2, 0.25) is 0 Å². The number of aromatic nitrogens is 2. The summed E-state index contributed by atoms with van der Waals surface area (Å²) in [5, 5.41) is 3.34. The minimum atomic E-state index is -0.194. The van der Waals surface area contributed by atoms with Gasteiger partial charge in [-0.2, -0.15) is 0 Å². The quantitative estimate of drug-likeness (QED) is 0.874. The van der Waals surface area contributed by atoms with Crippen LogP contribution in [0.15, 0.2) is 30.3 Å². The first-order valence-electron chi connectivity index (χ1n) is 8.70. The fraction of sp³-hybridized carbons (Fsp3) is 0.421. The molecule has 0 saturated carbocycles. The van der Waals surface area contributed by atoms with Gasteiger partial charge in [0.15, 0.2) is 0 Å². The van der Waals surface area contributed by atoms with Crippen molar-refractivity contribution in [3.63, 3.8) is 0 Å². The molecule has 1 aromatic carbocycles. The molecule has 0 spiro atoms. The molecular weight excluding hydrogens is 314 g/mol. The number of carbonyl (C=O) groups is 1. The van der Waals surface area contributed by atoms with E-state index in [1.165, 1.54) is 5.56 Å². The number of anilines is 2. The van der Waals surface area contributed by atoms with Crippen LogP contribution in [-0.2, 0) is 11.3 Å². The van der Waals surface area contributed by atoms with Crippen molar-refractivity contribution in [2.24, 2.45) is 11.7 Å². The van der Waals surface area contributed by atoms with Crippen LogP contribution >= 0.6 is 0 Å². The Balaban J connectivity index is 1.61. The molecule has 1 atom stereocenters. The van der Waals surface area contributed by atoms with Gasteiger partial charge in [0.05, 0.1) is 5.92 Å². The van der Waals surface area contributed by atoms with E-state index >= 15 is 0 Å². The molecule has 0 unspecified atom stereocenters. The molecule has 1 fully saturated rings. The molecule has 0 aliphatic carbocycles. The van der Waals surface area contributed by atoms with Gasteiger partial charge >= 0.3 is 0 Å². The maximum atomic E-state index is 11.4. The summed E-state index contributed by atoms with van der Waals surface area (Å²) in [4.78, 5) is 22.3. The lowest BCUT2D eigenvalue weighted by molar-refractivity contribution is -0.122. The summed E-state index contributed by atoms with van der Waals surface area (Å²) in [6.45, 7) is 6.25. The van der Waals surface area contributed by atoms with E-state index in [0.717, 1.165) is 42.4 Å². The molecule has 1 aliphatic heterocycles. The Morgan fingerprint density at radius 2 is 2.04 bits per heavy atom. The fourth-order valence-electron chi connectivity index (χ4n) is 3.27. The molecule has 1 saturated heterocycles. The van der Waals surface area contributed by atoms with Crippen molar-refractivity contribution in [3.05, 3.63) is 47.4 Å². The number of nitrogens with zero attached hydrogens (tertiary/aromatic N) is 3. The number of primary amides is 1. The second-order valence-corrected chi connectivity index (χ2v) is 6.65. The Hall–Kier alpha value is -2.63. The number of aryl methyl sites for hydroxylation is 2. The summed E-state index contributed by atoms with van der Waals surface area (Å²) in [6, 6.07) is 10.4. The number of carbonyl (C=O) groups excluding carboxylic acids is 1. The van der Waals surface area contributed by atoms with E-state index in [0.29, 0.717) is 13.1 Å². The number of nitrogens with two attached hydrogens (primary N) is 1. The third kappa shape index (κ3) is 4.47. The summed E-state index contributed by atoms with van der Waals surface area (Å²) in [5.74, 6) is 1.38. The van der Waals surface area contributed by atoms with Crippen molar-refractivity contribution in [1.82, 2.24) is 9.97 Å². The smallest absolute Gasteiger partial charge is 0.222 e. The Morgan fingerprint density at radius 3 is 2.72 bits per heavy atom. The van der Waals surface area contributed by atoms with Gasteiger partial charge in [-0.15, -0.1) is 0 Å². The van der Waals surface area contributed by atoms with Gasteiger partial charge in [-0.25, -0.2) is 9.97 Å². The maximum absolute atomic E-state index is 11.4. The van der Waals surface area contributed by atoms with Gasteiger partial charge in [-0.3, -0.25) is 4.79 Å². The van der Waals surface area contributed by atoms with E-state index in [-0.39, 0.29) is 11.8 Å². The highest BCUT2D eigenvalue weighted by Gasteiger charge is 2.23. The van der Waals surface area contributed by atoms with E-state index in [2.05, 4.69) is 44.5 Å². The van der Waals surface area contributed by atoms with Crippen LogP contribution in [0, 0.1) is 19.8 Å². The number of hydrogen-bond donors (Lipinski definition) is 2. The molecule has 6 nitrogen and oxygen atoms in total. The Morgan fingerprint density at radius 1 is 1.28 bits per heavy atom. The lowest BCUT2D eigenvalue weighted by Crippen LogP contribution is -2.41. The molecule has 1 amide bonds. The van der Waals surface area contributed by atoms with Gasteiger partial charge in [0, 0.05) is 37.1 Å². The van der Waals surface area contributed by atoms with Crippen molar-refractivity contribution in [2.45, 2.75) is 33.2 Å². The molecule has 1 aliphatic rings. The van der Waals surface area contributed by atoms with Crippen molar-refractivity contribution >= 4 is 17.4 Å². The van der Waals surface area contributed by atoms with E-state index in [1.54, 1.807) is 0 Å². The number of piperidine rings is 1. The average molecular weight is 339 g/mol. The number of benzene rings is 1. The van der Waals surface area contributed by atoms with Crippen LogP contribution < -0.4 is 16.0 Å². The molecular formula is C19H25N5O. The van der Waals surface area contributed by atoms with Crippen LogP contribution in [0.5, 0.6) is 0 Å². The first-order valence-corrected chi connectivity index (χ1v) is 8.70. The zero-order chi connectivity index (χ0) is 17.8. The Kier molecular flexibility index (Phi) is 5.16. The molecule has 0 bridgehead atoms. The van der Waals surface area contributed by atoms with Crippen molar-refractivity contribution in [3.8, 4) is 0 Å². The summed E-state index contributed by atoms with van der Waals surface area (Å²) >= 11 is 0. The third-order valence-corrected chi connectivity index (χ3v) is 4.56.